The topological polar surface area (TPSA) is 59.3 Å². The highest BCUT2D eigenvalue weighted by Crippen LogP contribution is 2.17. The molecular formula is C13H9ClFNO3. The molecule has 0 saturated heterocycles. The number of carboxylic acids is 1. The number of benzene rings is 1. The third-order valence-electron chi connectivity index (χ3n) is 2.58. The summed E-state index contributed by atoms with van der Waals surface area (Å²) < 4.78 is 14.3. The Kier molecular flexibility index (Phi) is 3.66. The van der Waals surface area contributed by atoms with E-state index in [0.29, 0.717) is 10.6 Å². The Labute approximate surface area is 112 Å². The van der Waals surface area contributed by atoms with E-state index in [4.69, 9.17) is 16.7 Å². The van der Waals surface area contributed by atoms with Gasteiger partial charge < -0.3 is 9.67 Å². The molecule has 1 aromatic carbocycles. The van der Waals surface area contributed by atoms with Gasteiger partial charge >= 0.3 is 5.97 Å². The lowest BCUT2D eigenvalue weighted by Crippen LogP contribution is -2.21. The summed E-state index contributed by atoms with van der Waals surface area (Å²) in [4.78, 5) is 22.5. The molecule has 6 heteroatoms. The third-order valence-corrected chi connectivity index (χ3v) is 2.95. The smallest absolute Gasteiger partial charge is 0.337 e. The average molecular weight is 282 g/mol. The largest absolute Gasteiger partial charge is 0.478 e. The first-order valence-corrected chi connectivity index (χ1v) is 5.73. The molecule has 0 spiro atoms. The summed E-state index contributed by atoms with van der Waals surface area (Å²) in [5, 5.41) is 9.18. The zero-order chi connectivity index (χ0) is 14.0. The molecule has 2 aromatic rings. The van der Waals surface area contributed by atoms with Crippen LogP contribution in [-0.4, -0.2) is 15.6 Å². The van der Waals surface area contributed by atoms with Crippen LogP contribution in [0.4, 0.5) is 4.39 Å². The molecule has 2 rings (SSSR count). The molecule has 0 aliphatic carbocycles. The van der Waals surface area contributed by atoms with Crippen LogP contribution in [0.2, 0.25) is 5.02 Å². The van der Waals surface area contributed by atoms with E-state index < -0.39 is 11.8 Å². The lowest BCUT2D eigenvalue weighted by molar-refractivity contribution is 0.0696. The van der Waals surface area contributed by atoms with Gasteiger partial charge in [-0.15, -0.1) is 0 Å². The van der Waals surface area contributed by atoms with Crippen molar-refractivity contribution in [2.45, 2.75) is 6.54 Å². The van der Waals surface area contributed by atoms with Gasteiger partial charge in [0.05, 0.1) is 12.1 Å². The highest BCUT2D eigenvalue weighted by Gasteiger charge is 2.08. The molecular weight excluding hydrogens is 273 g/mol. The molecule has 0 aliphatic rings. The van der Waals surface area contributed by atoms with E-state index in [0.717, 1.165) is 6.07 Å². The number of hydrogen-bond acceptors (Lipinski definition) is 2. The second-order valence-electron chi connectivity index (χ2n) is 3.92. The van der Waals surface area contributed by atoms with E-state index in [1.165, 1.54) is 35.0 Å². The van der Waals surface area contributed by atoms with Crippen molar-refractivity contribution >= 4 is 17.6 Å². The maximum Gasteiger partial charge on any atom is 0.337 e. The van der Waals surface area contributed by atoms with Gasteiger partial charge in [0.2, 0.25) is 0 Å². The van der Waals surface area contributed by atoms with Crippen LogP contribution in [0.3, 0.4) is 0 Å². The predicted molar refractivity (Wildman–Crippen MR) is 68.2 cm³/mol. The SMILES string of the molecule is O=C(O)c1ccc(=O)n(Cc2cc(F)ccc2Cl)c1. The quantitative estimate of drug-likeness (QED) is 0.940. The van der Waals surface area contributed by atoms with Gasteiger partial charge in [-0.1, -0.05) is 11.6 Å². The predicted octanol–water partition coefficient (Wildman–Crippen LogP) is 2.39. The fraction of sp³-hybridized carbons (Fsp3) is 0.0769. The standard InChI is InChI=1S/C13H9ClFNO3/c14-11-3-2-10(15)5-9(11)7-16-6-8(13(18)19)1-4-12(16)17/h1-6H,7H2,(H,18,19). The van der Waals surface area contributed by atoms with Gasteiger partial charge in [0.1, 0.15) is 5.82 Å². The Bertz CT molecular complexity index is 697. The van der Waals surface area contributed by atoms with E-state index >= 15 is 0 Å². The van der Waals surface area contributed by atoms with Gasteiger partial charge in [-0.25, -0.2) is 9.18 Å². The molecule has 0 unspecified atom stereocenters. The minimum absolute atomic E-state index is 0.0105. The maximum atomic E-state index is 13.1. The maximum absolute atomic E-state index is 13.1. The summed E-state index contributed by atoms with van der Waals surface area (Å²) in [6, 6.07) is 6.17. The number of carboxylic acid groups (broad SMARTS) is 1. The molecule has 1 N–H and O–H groups in total. The van der Waals surface area contributed by atoms with Crippen molar-refractivity contribution in [3.05, 3.63) is 68.8 Å². The van der Waals surface area contributed by atoms with Crippen LogP contribution in [0.25, 0.3) is 0 Å². The van der Waals surface area contributed by atoms with Crippen LogP contribution in [-0.2, 0) is 6.54 Å². The second kappa shape index (κ2) is 5.24. The van der Waals surface area contributed by atoms with Crippen LogP contribution in [0.15, 0.2) is 41.3 Å². The number of aromatic carboxylic acids is 1. The molecule has 0 fully saturated rings. The van der Waals surface area contributed by atoms with E-state index in [-0.39, 0.29) is 17.7 Å². The van der Waals surface area contributed by atoms with Gasteiger partial charge in [-0.3, -0.25) is 4.79 Å². The Balaban J connectivity index is 2.43. The number of carbonyl (C=O) groups is 1. The van der Waals surface area contributed by atoms with Crippen molar-refractivity contribution in [3.63, 3.8) is 0 Å². The highest BCUT2D eigenvalue weighted by molar-refractivity contribution is 6.31. The number of pyridine rings is 1. The molecule has 0 amide bonds. The fourth-order valence-electron chi connectivity index (χ4n) is 1.63. The number of halogens is 2. The van der Waals surface area contributed by atoms with Crippen molar-refractivity contribution in [2.24, 2.45) is 0 Å². The van der Waals surface area contributed by atoms with E-state index in [2.05, 4.69) is 0 Å². The van der Waals surface area contributed by atoms with Gasteiger partial charge in [0, 0.05) is 17.3 Å². The van der Waals surface area contributed by atoms with Gasteiger partial charge in [0.25, 0.3) is 5.56 Å². The highest BCUT2D eigenvalue weighted by atomic mass is 35.5. The normalized spacial score (nSPS) is 10.4. The molecule has 0 saturated carbocycles. The summed E-state index contributed by atoms with van der Waals surface area (Å²) in [6.45, 7) is 0.0105. The summed E-state index contributed by atoms with van der Waals surface area (Å²) in [5.74, 6) is -1.61. The average Bonchev–Trinajstić information content (AvgIpc) is 2.36. The molecule has 1 aromatic heterocycles. The molecule has 19 heavy (non-hydrogen) atoms. The molecule has 0 atom stereocenters. The molecule has 98 valence electrons. The monoisotopic (exact) mass is 281 g/mol. The summed E-state index contributed by atoms with van der Waals surface area (Å²) in [7, 11) is 0. The fourth-order valence-corrected chi connectivity index (χ4v) is 1.81. The molecule has 0 bridgehead atoms. The van der Waals surface area contributed by atoms with Crippen LogP contribution in [0.1, 0.15) is 15.9 Å². The van der Waals surface area contributed by atoms with Crippen LogP contribution in [0.5, 0.6) is 0 Å². The zero-order valence-electron chi connectivity index (χ0n) is 9.64. The van der Waals surface area contributed by atoms with Crippen molar-refractivity contribution in [1.29, 1.82) is 0 Å². The summed E-state index contributed by atoms with van der Waals surface area (Å²) in [5.41, 5.74) is 0.00348. The first-order chi connectivity index (χ1) is 8.97. The Hall–Kier alpha value is -2.14. The lowest BCUT2D eigenvalue weighted by Gasteiger charge is -2.08. The van der Waals surface area contributed by atoms with Crippen LogP contribution >= 0.6 is 11.6 Å². The first kappa shape index (κ1) is 13.3. The zero-order valence-corrected chi connectivity index (χ0v) is 10.4. The molecule has 0 radical (unpaired) electrons. The number of hydrogen-bond donors (Lipinski definition) is 1. The van der Waals surface area contributed by atoms with E-state index in [1.54, 1.807) is 0 Å². The van der Waals surface area contributed by atoms with E-state index in [1.807, 2.05) is 0 Å². The van der Waals surface area contributed by atoms with Crippen molar-refractivity contribution in [2.75, 3.05) is 0 Å². The lowest BCUT2D eigenvalue weighted by atomic mass is 10.2. The number of rotatable bonds is 3. The minimum Gasteiger partial charge on any atom is -0.478 e. The third kappa shape index (κ3) is 3.00. The van der Waals surface area contributed by atoms with E-state index in [9.17, 15) is 14.0 Å². The number of aromatic nitrogens is 1. The summed E-state index contributed by atoms with van der Waals surface area (Å²) in [6.07, 6.45) is 1.20. The van der Waals surface area contributed by atoms with Crippen molar-refractivity contribution < 1.29 is 14.3 Å². The Morgan fingerprint density at radius 3 is 2.74 bits per heavy atom. The van der Waals surface area contributed by atoms with Gasteiger partial charge in [-0.05, 0) is 29.8 Å². The van der Waals surface area contributed by atoms with Gasteiger partial charge in [-0.2, -0.15) is 0 Å². The minimum atomic E-state index is -1.14. The molecule has 0 aliphatic heterocycles. The molecule has 4 nitrogen and oxygen atoms in total. The number of nitrogens with zero attached hydrogens (tertiary/aromatic N) is 1. The Morgan fingerprint density at radius 2 is 2.05 bits per heavy atom. The Morgan fingerprint density at radius 1 is 1.32 bits per heavy atom. The first-order valence-electron chi connectivity index (χ1n) is 5.35. The second-order valence-corrected chi connectivity index (χ2v) is 4.33. The van der Waals surface area contributed by atoms with Crippen LogP contribution in [0, 0.1) is 5.82 Å². The van der Waals surface area contributed by atoms with Gasteiger partial charge in [0.15, 0.2) is 0 Å². The summed E-state index contributed by atoms with van der Waals surface area (Å²) >= 11 is 5.90. The van der Waals surface area contributed by atoms with Crippen LogP contribution < -0.4 is 5.56 Å². The molecule has 1 heterocycles. The van der Waals surface area contributed by atoms with Crippen molar-refractivity contribution in [1.82, 2.24) is 4.57 Å². The van der Waals surface area contributed by atoms with Crippen molar-refractivity contribution in [3.8, 4) is 0 Å².